The highest BCUT2D eigenvalue weighted by molar-refractivity contribution is 6.21. The van der Waals surface area contributed by atoms with Gasteiger partial charge in [0, 0.05) is 11.3 Å². The molecular weight excluding hydrogens is 208 g/mol. The van der Waals surface area contributed by atoms with Crippen LogP contribution in [0.15, 0.2) is 24.3 Å². The fraction of sp³-hybridized carbons (Fsp3) is 0.538. The van der Waals surface area contributed by atoms with E-state index < -0.39 is 0 Å². The Hall–Kier alpha value is -0.690. The minimum absolute atomic E-state index is 0.173. The number of alkyl halides is 1. The highest BCUT2D eigenvalue weighted by Gasteiger charge is 2.17. The van der Waals surface area contributed by atoms with Gasteiger partial charge in [0.1, 0.15) is 5.75 Å². The molecule has 0 fully saturated rings. The first kappa shape index (κ1) is 12.4. The van der Waals surface area contributed by atoms with Gasteiger partial charge in [-0.2, -0.15) is 0 Å². The molecule has 0 saturated heterocycles. The van der Waals surface area contributed by atoms with E-state index in [-0.39, 0.29) is 5.38 Å². The third-order valence-corrected chi connectivity index (χ3v) is 3.33. The minimum Gasteiger partial charge on any atom is -0.494 e. The Balaban J connectivity index is 2.91. The number of halogens is 1. The minimum atomic E-state index is 0.173. The van der Waals surface area contributed by atoms with Crippen molar-refractivity contribution in [3.63, 3.8) is 0 Å². The monoisotopic (exact) mass is 226 g/mol. The van der Waals surface area contributed by atoms with Gasteiger partial charge in [-0.15, -0.1) is 11.6 Å². The van der Waals surface area contributed by atoms with Gasteiger partial charge < -0.3 is 4.74 Å². The van der Waals surface area contributed by atoms with E-state index in [1.807, 2.05) is 25.1 Å². The van der Waals surface area contributed by atoms with Crippen LogP contribution in [0.25, 0.3) is 0 Å². The molecule has 1 nitrogen and oxygen atoms in total. The molecule has 0 heterocycles. The molecule has 0 aliphatic carbocycles. The predicted octanol–water partition coefficient (Wildman–Crippen LogP) is 4.21. The van der Waals surface area contributed by atoms with Crippen molar-refractivity contribution in [2.24, 2.45) is 0 Å². The van der Waals surface area contributed by atoms with Crippen molar-refractivity contribution in [1.82, 2.24) is 0 Å². The van der Waals surface area contributed by atoms with Crippen molar-refractivity contribution in [3.8, 4) is 5.75 Å². The molecule has 2 heteroatoms. The fourth-order valence-electron chi connectivity index (χ4n) is 1.69. The summed E-state index contributed by atoms with van der Waals surface area (Å²) in [6.45, 7) is 6.96. The van der Waals surface area contributed by atoms with Gasteiger partial charge in [0.25, 0.3) is 0 Å². The average molecular weight is 227 g/mol. The second-order valence-corrected chi connectivity index (χ2v) is 4.24. The molecule has 0 saturated carbocycles. The number of hydrogen-bond acceptors (Lipinski definition) is 1. The summed E-state index contributed by atoms with van der Waals surface area (Å²) in [6, 6.07) is 8.14. The molecule has 84 valence electrons. The first-order valence-electron chi connectivity index (χ1n) is 5.56. The molecule has 0 aliphatic heterocycles. The lowest BCUT2D eigenvalue weighted by molar-refractivity contribution is 0.334. The first-order valence-corrected chi connectivity index (χ1v) is 6.00. The van der Waals surface area contributed by atoms with Crippen LogP contribution in [0.1, 0.15) is 38.7 Å². The molecule has 1 aromatic rings. The standard InChI is InChI=1S/C13H19ClO/c1-4-12(14)10(3)11-8-6-7-9-13(11)15-5-2/h6-10,12H,4-5H2,1-3H3. The summed E-state index contributed by atoms with van der Waals surface area (Å²) in [5.41, 5.74) is 1.21. The number of benzene rings is 1. The van der Waals surface area contributed by atoms with Crippen LogP contribution in [0.4, 0.5) is 0 Å². The molecule has 1 aromatic carbocycles. The third-order valence-electron chi connectivity index (χ3n) is 2.64. The SMILES string of the molecule is CCOc1ccccc1C(C)C(Cl)CC. The van der Waals surface area contributed by atoms with Crippen LogP contribution >= 0.6 is 11.6 Å². The molecule has 2 unspecified atom stereocenters. The zero-order chi connectivity index (χ0) is 11.3. The van der Waals surface area contributed by atoms with Crippen molar-refractivity contribution in [2.75, 3.05) is 6.61 Å². The quantitative estimate of drug-likeness (QED) is 0.684. The third kappa shape index (κ3) is 3.13. The molecule has 0 radical (unpaired) electrons. The van der Waals surface area contributed by atoms with E-state index in [1.165, 1.54) is 5.56 Å². The van der Waals surface area contributed by atoms with E-state index in [0.29, 0.717) is 12.5 Å². The second-order valence-electron chi connectivity index (χ2n) is 3.68. The van der Waals surface area contributed by atoms with Crippen molar-refractivity contribution in [1.29, 1.82) is 0 Å². The number of rotatable bonds is 5. The van der Waals surface area contributed by atoms with Crippen molar-refractivity contribution < 1.29 is 4.74 Å². The zero-order valence-electron chi connectivity index (χ0n) is 9.66. The molecule has 0 bridgehead atoms. The van der Waals surface area contributed by atoms with Crippen molar-refractivity contribution >= 4 is 11.6 Å². The Morgan fingerprint density at radius 2 is 1.93 bits per heavy atom. The van der Waals surface area contributed by atoms with Gasteiger partial charge in [0.05, 0.1) is 6.61 Å². The molecule has 0 amide bonds. The lowest BCUT2D eigenvalue weighted by Crippen LogP contribution is -2.10. The maximum atomic E-state index is 6.27. The maximum absolute atomic E-state index is 6.27. The highest BCUT2D eigenvalue weighted by Crippen LogP contribution is 2.32. The molecule has 0 aromatic heterocycles. The Morgan fingerprint density at radius 1 is 1.27 bits per heavy atom. The van der Waals surface area contributed by atoms with Crippen LogP contribution in [0.2, 0.25) is 0 Å². The van der Waals surface area contributed by atoms with Gasteiger partial charge in [-0.1, -0.05) is 32.0 Å². The largest absolute Gasteiger partial charge is 0.494 e. The van der Waals surface area contributed by atoms with Crippen molar-refractivity contribution in [3.05, 3.63) is 29.8 Å². The van der Waals surface area contributed by atoms with Crippen LogP contribution in [0, 0.1) is 0 Å². The first-order chi connectivity index (χ1) is 7.20. The number of hydrogen-bond donors (Lipinski definition) is 0. The molecule has 0 N–H and O–H groups in total. The molecular formula is C13H19ClO. The van der Waals surface area contributed by atoms with Crippen LogP contribution in [-0.4, -0.2) is 12.0 Å². The van der Waals surface area contributed by atoms with E-state index >= 15 is 0 Å². The van der Waals surface area contributed by atoms with Crippen LogP contribution in [0.5, 0.6) is 5.75 Å². The zero-order valence-corrected chi connectivity index (χ0v) is 10.4. The topological polar surface area (TPSA) is 9.23 Å². The van der Waals surface area contributed by atoms with Crippen LogP contribution in [-0.2, 0) is 0 Å². The van der Waals surface area contributed by atoms with Crippen LogP contribution < -0.4 is 4.74 Å². The van der Waals surface area contributed by atoms with Gasteiger partial charge in [0.2, 0.25) is 0 Å². The predicted molar refractivity (Wildman–Crippen MR) is 66.0 cm³/mol. The van der Waals surface area contributed by atoms with E-state index in [1.54, 1.807) is 0 Å². The van der Waals surface area contributed by atoms with Crippen LogP contribution in [0.3, 0.4) is 0 Å². The fourth-order valence-corrected chi connectivity index (χ4v) is 1.83. The second kappa shape index (κ2) is 6.02. The smallest absolute Gasteiger partial charge is 0.122 e. The Bertz CT molecular complexity index is 298. The molecule has 1 rings (SSSR count). The normalized spacial score (nSPS) is 14.7. The van der Waals surface area contributed by atoms with Gasteiger partial charge in [-0.05, 0) is 25.0 Å². The number of para-hydroxylation sites is 1. The van der Waals surface area contributed by atoms with Gasteiger partial charge >= 0.3 is 0 Å². The van der Waals surface area contributed by atoms with Gasteiger partial charge in [-0.3, -0.25) is 0 Å². The summed E-state index contributed by atoms with van der Waals surface area (Å²) in [4.78, 5) is 0. The van der Waals surface area contributed by atoms with Crippen molar-refractivity contribution in [2.45, 2.75) is 38.5 Å². The Morgan fingerprint density at radius 3 is 2.53 bits per heavy atom. The average Bonchev–Trinajstić information content (AvgIpc) is 2.28. The molecule has 0 spiro atoms. The maximum Gasteiger partial charge on any atom is 0.122 e. The van der Waals surface area contributed by atoms with E-state index in [4.69, 9.17) is 16.3 Å². The lowest BCUT2D eigenvalue weighted by Gasteiger charge is -2.19. The summed E-state index contributed by atoms with van der Waals surface area (Å²) < 4.78 is 5.59. The van der Waals surface area contributed by atoms with E-state index in [0.717, 1.165) is 12.2 Å². The van der Waals surface area contributed by atoms with Gasteiger partial charge in [0.15, 0.2) is 0 Å². The van der Waals surface area contributed by atoms with Gasteiger partial charge in [-0.25, -0.2) is 0 Å². The van der Waals surface area contributed by atoms with E-state index in [2.05, 4.69) is 19.9 Å². The lowest BCUT2D eigenvalue weighted by atomic mass is 9.95. The Kier molecular flexibility index (Phi) is 4.97. The number of ether oxygens (including phenoxy) is 1. The highest BCUT2D eigenvalue weighted by atomic mass is 35.5. The molecule has 2 atom stereocenters. The summed E-state index contributed by atoms with van der Waals surface area (Å²) in [7, 11) is 0. The summed E-state index contributed by atoms with van der Waals surface area (Å²) >= 11 is 6.27. The van der Waals surface area contributed by atoms with E-state index in [9.17, 15) is 0 Å². The Labute approximate surface area is 97.4 Å². The summed E-state index contributed by atoms with van der Waals surface area (Å²) in [6.07, 6.45) is 0.975. The summed E-state index contributed by atoms with van der Waals surface area (Å²) in [5, 5.41) is 0.173. The summed E-state index contributed by atoms with van der Waals surface area (Å²) in [5.74, 6) is 1.30. The molecule has 15 heavy (non-hydrogen) atoms. The molecule has 0 aliphatic rings.